The molecule has 0 bridgehead atoms. The zero-order valence-corrected chi connectivity index (χ0v) is 7.72. The van der Waals surface area contributed by atoms with Crippen LogP contribution in [0.2, 0.25) is 0 Å². The number of pyridine rings is 1. The van der Waals surface area contributed by atoms with Crippen molar-refractivity contribution < 1.29 is 14.2 Å². The number of phenols is 1. The third-order valence-electron chi connectivity index (χ3n) is 1.79. The highest BCUT2D eigenvalue weighted by Gasteiger charge is 2.09. The number of benzene rings is 1. The lowest BCUT2D eigenvalue weighted by Gasteiger charge is -2.06. The molecule has 15 heavy (non-hydrogen) atoms. The zero-order valence-electron chi connectivity index (χ0n) is 7.72. The molecule has 0 saturated heterocycles. The summed E-state index contributed by atoms with van der Waals surface area (Å²) >= 11 is 0. The summed E-state index contributed by atoms with van der Waals surface area (Å²) in [5.41, 5.74) is 0. The summed E-state index contributed by atoms with van der Waals surface area (Å²) in [6, 6.07) is 8.95. The van der Waals surface area contributed by atoms with E-state index in [4.69, 9.17) is 4.74 Å². The molecular formula is C11H8FNO2. The minimum absolute atomic E-state index is 0.212. The number of halogens is 1. The monoisotopic (exact) mass is 205 g/mol. The molecule has 0 saturated carbocycles. The van der Waals surface area contributed by atoms with E-state index >= 15 is 0 Å². The molecule has 3 nitrogen and oxygen atoms in total. The fourth-order valence-corrected chi connectivity index (χ4v) is 1.11. The molecule has 0 aliphatic heterocycles. The quantitative estimate of drug-likeness (QED) is 0.819. The number of para-hydroxylation sites is 1. The molecule has 4 heteroatoms. The van der Waals surface area contributed by atoms with E-state index in [1.54, 1.807) is 18.2 Å². The van der Waals surface area contributed by atoms with Gasteiger partial charge in [-0.05, 0) is 18.2 Å². The SMILES string of the molecule is Oc1cccc(F)c1Oc1ccccn1. The lowest BCUT2D eigenvalue weighted by molar-refractivity contribution is 0.380. The lowest BCUT2D eigenvalue weighted by Crippen LogP contribution is -1.90. The van der Waals surface area contributed by atoms with E-state index in [2.05, 4.69) is 4.98 Å². The summed E-state index contributed by atoms with van der Waals surface area (Å²) in [6.45, 7) is 0. The zero-order chi connectivity index (χ0) is 10.7. The third kappa shape index (κ3) is 2.04. The number of ether oxygens (including phenoxy) is 1. The van der Waals surface area contributed by atoms with Crippen molar-refractivity contribution in [2.24, 2.45) is 0 Å². The number of aromatic hydroxyl groups is 1. The topological polar surface area (TPSA) is 42.4 Å². The van der Waals surface area contributed by atoms with Gasteiger partial charge in [-0.15, -0.1) is 0 Å². The van der Waals surface area contributed by atoms with E-state index in [0.717, 1.165) is 0 Å². The fraction of sp³-hybridized carbons (Fsp3) is 0. The summed E-state index contributed by atoms with van der Waals surface area (Å²) in [5, 5.41) is 9.36. The molecule has 1 aromatic heterocycles. The van der Waals surface area contributed by atoms with Gasteiger partial charge in [0.1, 0.15) is 0 Å². The third-order valence-corrected chi connectivity index (χ3v) is 1.79. The Morgan fingerprint density at radius 3 is 2.67 bits per heavy atom. The van der Waals surface area contributed by atoms with Crippen LogP contribution < -0.4 is 4.74 Å². The Hall–Kier alpha value is -2.10. The van der Waals surface area contributed by atoms with Crippen molar-refractivity contribution in [2.45, 2.75) is 0 Å². The highest BCUT2D eigenvalue weighted by molar-refractivity contribution is 5.41. The van der Waals surface area contributed by atoms with E-state index in [0.29, 0.717) is 0 Å². The molecule has 76 valence electrons. The molecule has 1 heterocycles. The molecule has 0 spiro atoms. The van der Waals surface area contributed by atoms with Crippen LogP contribution in [0.3, 0.4) is 0 Å². The maximum atomic E-state index is 13.2. The lowest BCUT2D eigenvalue weighted by atomic mass is 10.3. The van der Waals surface area contributed by atoms with E-state index in [1.807, 2.05) is 0 Å². The molecule has 0 radical (unpaired) electrons. The van der Waals surface area contributed by atoms with Crippen LogP contribution in [-0.2, 0) is 0 Å². The standard InChI is InChI=1S/C11H8FNO2/c12-8-4-3-5-9(14)11(8)15-10-6-1-2-7-13-10/h1-7,14H. The second kappa shape index (κ2) is 3.96. The molecule has 0 atom stereocenters. The molecule has 0 aliphatic rings. The maximum Gasteiger partial charge on any atom is 0.219 e. The van der Waals surface area contributed by atoms with Gasteiger partial charge in [-0.3, -0.25) is 0 Å². The van der Waals surface area contributed by atoms with Gasteiger partial charge in [0.05, 0.1) is 0 Å². The van der Waals surface area contributed by atoms with Gasteiger partial charge in [0.2, 0.25) is 11.6 Å². The largest absolute Gasteiger partial charge is 0.504 e. The van der Waals surface area contributed by atoms with Gasteiger partial charge < -0.3 is 9.84 Å². The molecule has 0 aliphatic carbocycles. The van der Waals surface area contributed by atoms with Crippen LogP contribution in [0.5, 0.6) is 17.4 Å². The molecule has 2 rings (SSSR count). The molecule has 0 fully saturated rings. The molecule has 1 N–H and O–H groups in total. The Bertz CT molecular complexity index is 439. The van der Waals surface area contributed by atoms with Gasteiger partial charge in [0.15, 0.2) is 11.6 Å². The smallest absolute Gasteiger partial charge is 0.219 e. The number of aromatic nitrogens is 1. The number of rotatable bonds is 2. The molecule has 1 aromatic carbocycles. The Morgan fingerprint density at radius 2 is 2.00 bits per heavy atom. The first kappa shape index (κ1) is 9.45. The number of hydrogen-bond donors (Lipinski definition) is 1. The number of nitrogens with zero attached hydrogens (tertiary/aromatic N) is 1. The highest BCUT2D eigenvalue weighted by atomic mass is 19.1. The first-order chi connectivity index (χ1) is 7.27. The Labute approximate surface area is 85.8 Å². The Kier molecular flexibility index (Phi) is 2.49. The van der Waals surface area contributed by atoms with E-state index in [-0.39, 0.29) is 17.4 Å². The second-order valence-electron chi connectivity index (χ2n) is 2.86. The van der Waals surface area contributed by atoms with Gasteiger partial charge in [-0.2, -0.15) is 0 Å². The van der Waals surface area contributed by atoms with Crippen molar-refractivity contribution in [1.29, 1.82) is 0 Å². The highest BCUT2D eigenvalue weighted by Crippen LogP contribution is 2.31. The number of phenolic OH excluding ortho intramolecular Hbond substituents is 1. The van der Waals surface area contributed by atoms with Crippen molar-refractivity contribution in [3.05, 3.63) is 48.4 Å². The summed E-state index contributed by atoms with van der Waals surface area (Å²) in [6.07, 6.45) is 1.52. The normalized spacial score (nSPS) is 9.93. The minimum Gasteiger partial charge on any atom is -0.504 e. The van der Waals surface area contributed by atoms with E-state index < -0.39 is 5.82 Å². The predicted octanol–water partition coefficient (Wildman–Crippen LogP) is 2.72. The van der Waals surface area contributed by atoms with E-state index in [9.17, 15) is 9.50 Å². The fourth-order valence-electron chi connectivity index (χ4n) is 1.11. The summed E-state index contributed by atoms with van der Waals surface area (Å²) < 4.78 is 18.3. The van der Waals surface area contributed by atoms with Gasteiger partial charge in [-0.1, -0.05) is 12.1 Å². The Balaban J connectivity index is 2.32. The first-order valence-corrected chi connectivity index (χ1v) is 4.34. The first-order valence-electron chi connectivity index (χ1n) is 4.34. The minimum atomic E-state index is -0.624. The van der Waals surface area contributed by atoms with Crippen molar-refractivity contribution in [1.82, 2.24) is 4.98 Å². The van der Waals surface area contributed by atoms with Crippen molar-refractivity contribution in [3.8, 4) is 17.4 Å². The second-order valence-corrected chi connectivity index (χ2v) is 2.86. The average molecular weight is 205 g/mol. The van der Waals surface area contributed by atoms with Crippen LogP contribution in [0.25, 0.3) is 0 Å². The molecule has 0 unspecified atom stereocenters. The van der Waals surface area contributed by atoms with Crippen LogP contribution in [0.1, 0.15) is 0 Å². The van der Waals surface area contributed by atoms with Crippen molar-refractivity contribution >= 4 is 0 Å². The van der Waals surface area contributed by atoms with Crippen molar-refractivity contribution in [2.75, 3.05) is 0 Å². The van der Waals surface area contributed by atoms with Gasteiger partial charge in [0.25, 0.3) is 0 Å². The van der Waals surface area contributed by atoms with E-state index in [1.165, 1.54) is 24.4 Å². The summed E-state index contributed by atoms with van der Waals surface area (Å²) in [5.74, 6) is -0.851. The predicted molar refractivity (Wildman–Crippen MR) is 52.4 cm³/mol. The number of hydrogen-bond acceptors (Lipinski definition) is 3. The molecular weight excluding hydrogens is 197 g/mol. The van der Waals surface area contributed by atoms with Crippen LogP contribution in [0.15, 0.2) is 42.6 Å². The van der Waals surface area contributed by atoms with Crippen LogP contribution >= 0.6 is 0 Å². The van der Waals surface area contributed by atoms with Crippen LogP contribution in [-0.4, -0.2) is 10.1 Å². The summed E-state index contributed by atoms with van der Waals surface area (Å²) in [4.78, 5) is 3.86. The molecule has 2 aromatic rings. The van der Waals surface area contributed by atoms with Gasteiger partial charge in [0, 0.05) is 12.3 Å². The maximum absolute atomic E-state index is 13.2. The van der Waals surface area contributed by atoms with Gasteiger partial charge in [-0.25, -0.2) is 9.37 Å². The molecule has 0 amide bonds. The van der Waals surface area contributed by atoms with Crippen LogP contribution in [0.4, 0.5) is 4.39 Å². The van der Waals surface area contributed by atoms with Crippen LogP contribution in [0, 0.1) is 5.82 Å². The van der Waals surface area contributed by atoms with Gasteiger partial charge >= 0.3 is 0 Å². The average Bonchev–Trinajstić information content (AvgIpc) is 2.25. The summed E-state index contributed by atoms with van der Waals surface area (Å²) in [7, 11) is 0. The van der Waals surface area contributed by atoms with Crippen molar-refractivity contribution in [3.63, 3.8) is 0 Å². The Morgan fingerprint density at radius 1 is 1.13 bits per heavy atom.